The van der Waals surface area contributed by atoms with Crippen LogP contribution in [-0.2, 0) is 0 Å². The van der Waals surface area contributed by atoms with Crippen LogP contribution in [0.2, 0.25) is 0 Å². The molecular weight excluding hydrogens is 364 g/mol. The molecule has 29 heavy (non-hydrogen) atoms. The molecule has 3 aliphatic rings. The molecule has 1 aromatic carbocycles. The fourth-order valence-electron chi connectivity index (χ4n) is 4.65. The van der Waals surface area contributed by atoms with E-state index in [4.69, 9.17) is 0 Å². The number of hydrogen-bond donors (Lipinski definition) is 1. The fraction of sp³-hybridized carbons (Fsp3) is 0.364. The zero-order valence-corrected chi connectivity index (χ0v) is 16.4. The van der Waals surface area contributed by atoms with Crippen LogP contribution in [0.4, 0.5) is 5.82 Å². The molecule has 3 aromatic rings. The van der Waals surface area contributed by atoms with Crippen molar-refractivity contribution in [1.29, 1.82) is 0 Å². The van der Waals surface area contributed by atoms with Gasteiger partial charge in [0.05, 0.1) is 29.7 Å². The van der Waals surface area contributed by atoms with Crippen LogP contribution in [-0.4, -0.2) is 49.4 Å². The Morgan fingerprint density at radius 1 is 1.10 bits per heavy atom. The van der Waals surface area contributed by atoms with Gasteiger partial charge in [-0.3, -0.25) is 4.79 Å². The summed E-state index contributed by atoms with van der Waals surface area (Å²) in [5.74, 6) is 1.44. The zero-order valence-electron chi connectivity index (χ0n) is 16.4. The third kappa shape index (κ3) is 3.37. The van der Waals surface area contributed by atoms with Crippen molar-refractivity contribution in [1.82, 2.24) is 24.9 Å². The molecule has 7 nitrogen and oxygen atoms in total. The smallest absolute Gasteiger partial charge is 0.256 e. The number of aryl methyl sites for hydroxylation is 1. The van der Waals surface area contributed by atoms with E-state index in [1.54, 1.807) is 12.4 Å². The van der Waals surface area contributed by atoms with Gasteiger partial charge in [0, 0.05) is 18.8 Å². The van der Waals surface area contributed by atoms with E-state index in [9.17, 15) is 4.79 Å². The van der Waals surface area contributed by atoms with Gasteiger partial charge in [0.2, 0.25) is 0 Å². The highest BCUT2D eigenvalue weighted by atomic mass is 16.2. The molecule has 7 heteroatoms. The van der Waals surface area contributed by atoms with Crippen molar-refractivity contribution in [2.75, 3.05) is 11.9 Å². The van der Waals surface area contributed by atoms with Crippen LogP contribution in [0.5, 0.6) is 0 Å². The molecule has 2 saturated heterocycles. The number of aromatic nitrogens is 4. The number of anilines is 1. The fourth-order valence-corrected chi connectivity index (χ4v) is 4.65. The molecule has 0 spiro atoms. The first-order valence-corrected chi connectivity index (χ1v) is 10.1. The van der Waals surface area contributed by atoms with Gasteiger partial charge in [-0.25, -0.2) is 4.98 Å². The number of para-hydroxylation sites is 1. The maximum atomic E-state index is 13.6. The summed E-state index contributed by atoms with van der Waals surface area (Å²) in [7, 11) is 0. The molecule has 1 N–H and O–H groups in total. The number of piperidine rings is 2. The predicted octanol–water partition coefficient (Wildman–Crippen LogP) is 3.08. The molecule has 2 aliphatic heterocycles. The molecule has 6 rings (SSSR count). The van der Waals surface area contributed by atoms with Crippen molar-refractivity contribution in [2.45, 2.75) is 38.3 Å². The summed E-state index contributed by atoms with van der Waals surface area (Å²) in [6, 6.07) is 12.0. The van der Waals surface area contributed by atoms with Gasteiger partial charge in [-0.1, -0.05) is 18.2 Å². The summed E-state index contributed by atoms with van der Waals surface area (Å²) >= 11 is 0. The topological polar surface area (TPSA) is 75.9 Å². The summed E-state index contributed by atoms with van der Waals surface area (Å²) in [6.45, 7) is 2.84. The van der Waals surface area contributed by atoms with Crippen LogP contribution in [0, 0.1) is 12.8 Å². The predicted molar refractivity (Wildman–Crippen MR) is 110 cm³/mol. The Balaban J connectivity index is 1.41. The number of carbonyl (C=O) groups excluding carboxylic acids is 1. The maximum absolute atomic E-state index is 13.6. The first-order valence-electron chi connectivity index (χ1n) is 10.1. The molecule has 3 fully saturated rings. The van der Waals surface area contributed by atoms with Gasteiger partial charge >= 0.3 is 0 Å². The highest BCUT2D eigenvalue weighted by Crippen LogP contribution is 2.37. The van der Waals surface area contributed by atoms with Crippen LogP contribution >= 0.6 is 0 Å². The number of pyridine rings is 1. The van der Waals surface area contributed by atoms with E-state index in [0.29, 0.717) is 17.2 Å². The highest BCUT2D eigenvalue weighted by molar-refractivity contribution is 5.98. The molecule has 1 aliphatic carbocycles. The van der Waals surface area contributed by atoms with E-state index in [1.165, 1.54) is 11.2 Å². The first-order chi connectivity index (χ1) is 14.2. The monoisotopic (exact) mass is 388 g/mol. The Hall–Kier alpha value is -3.22. The minimum absolute atomic E-state index is 0.0518. The quantitative estimate of drug-likeness (QED) is 0.743. The molecule has 2 bridgehead atoms. The number of amides is 1. The second-order valence-electron chi connectivity index (χ2n) is 8.01. The Bertz CT molecular complexity index is 1000. The van der Waals surface area contributed by atoms with Crippen molar-refractivity contribution >= 4 is 11.7 Å². The maximum Gasteiger partial charge on any atom is 0.256 e. The molecule has 2 aromatic heterocycles. The average Bonchev–Trinajstić information content (AvgIpc) is 3.30. The third-order valence-corrected chi connectivity index (χ3v) is 6.05. The normalized spacial score (nSPS) is 23.2. The average molecular weight is 388 g/mol. The van der Waals surface area contributed by atoms with E-state index in [-0.39, 0.29) is 18.0 Å². The molecule has 4 heterocycles. The lowest BCUT2D eigenvalue weighted by Crippen LogP contribution is -2.59. The number of nitrogens with one attached hydrogen (secondary N) is 1. The summed E-state index contributed by atoms with van der Waals surface area (Å²) in [5.41, 5.74) is 2.50. The summed E-state index contributed by atoms with van der Waals surface area (Å²) < 4.78 is 0. The number of fused-ring (bicyclic) bond motifs is 3. The van der Waals surface area contributed by atoms with Crippen LogP contribution < -0.4 is 5.32 Å². The minimum Gasteiger partial charge on any atom is -0.365 e. The van der Waals surface area contributed by atoms with Gasteiger partial charge in [0.1, 0.15) is 5.82 Å². The highest BCUT2D eigenvalue weighted by Gasteiger charge is 2.43. The van der Waals surface area contributed by atoms with Gasteiger partial charge in [-0.05, 0) is 55.9 Å². The van der Waals surface area contributed by atoms with Crippen LogP contribution in [0.3, 0.4) is 0 Å². The van der Waals surface area contributed by atoms with E-state index in [1.807, 2.05) is 48.4 Å². The molecule has 3 atom stereocenters. The van der Waals surface area contributed by atoms with Crippen molar-refractivity contribution in [2.24, 2.45) is 5.92 Å². The van der Waals surface area contributed by atoms with E-state index in [2.05, 4.69) is 26.6 Å². The van der Waals surface area contributed by atoms with Crippen molar-refractivity contribution < 1.29 is 4.79 Å². The van der Waals surface area contributed by atoms with Crippen LogP contribution in [0.25, 0.3) is 5.69 Å². The Labute approximate surface area is 169 Å². The third-order valence-electron chi connectivity index (χ3n) is 6.05. The molecule has 148 valence electrons. The SMILES string of the molecule is Cc1ccc(N[C@@H]2CC3CC[C@@H]2N(C(=O)c2ccccc2-n2nccn2)C3)nc1. The first kappa shape index (κ1) is 17.8. The molecular formula is C22H24N6O. The number of rotatable bonds is 4. The molecule has 0 radical (unpaired) electrons. The lowest BCUT2D eigenvalue weighted by molar-refractivity contribution is 0.0281. The lowest BCUT2D eigenvalue weighted by Gasteiger charge is -2.50. The molecule has 1 amide bonds. The van der Waals surface area contributed by atoms with Crippen molar-refractivity contribution in [3.63, 3.8) is 0 Å². The Kier molecular flexibility index (Phi) is 4.50. The summed E-state index contributed by atoms with van der Waals surface area (Å²) in [6.07, 6.45) is 8.39. The second-order valence-corrected chi connectivity index (χ2v) is 8.01. The van der Waals surface area contributed by atoms with E-state index < -0.39 is 0 Å². The zero-order chi connectivity index (χ0) is 19.8. The van der Waals surface area contributed by atoms with Crippen LogP contribution in [0.1, 0.15) is 35.2 Å². The van der Waals surface area contributed by atoms with Gasteiger partial charge in [-0.15, -0.1) is 0 Å². The number of carbonyl (C=O) groups is 1. The molecule has 1 unspecified atom stereocenters. The van der Waals surface area contributed by atoms with E-state index in [0.717, 1.165) is 30.8 Å². The number of nitrogens with zero attached hydrogens (tertiary/aromatic N) is 5. The van der Waals surface area contributed by atoms with Gasteiger partial charge in [0.25, 0.3) is 5.91 Å². The number of benzene rings is 1. The standard InChI is InChI=1S/C22H24N6O/c1-15-6-9-21(23-13-15)26-18-12-16-7-8-20(18)27(14-16)22(29)17-4-2-3-5-19(17)28-24-10-11-25-28/h2-6,9-11,13,16,18,20H,7-8,12,14H2,1H3,(H,23,26)/t16?,18-,20+/m1/s1. The Morgan fingerprint density at radius 2 is 1.93 bits per heavy atom. The Morgan fingerprint density at radius 3 is 2.69 bits per heavy atom. The van der Waals surface area contributed by atoms with Crippen molar-refractivity contribution in [3.05, 3.63) is 66.1 Å². The second kappa shape index (κ2) is 7.31. The van der Waals surface area contributed by atoms with Gasteiger partial charge in [0.15, 0.2) is 0 Å². The van der Waals surface area contributed by atoms with Crippen molar-refractivity contribution in [3.8, 4) is 5.69 Å². The number of hydrogen-bond acceptors (Lipinski definition) is 5. The van der Waals surface area contributed by atoms with E-state index >= 15 is 0 Å². The van der Waals surface area contributed by atoms with Crippen LogP contribution in [0.15, 0.2) is 55.0 Å². The summed E-state index contributed by atoms with van der Waals surface area (Å²) in [4.78, 5) is 21.6. The lowest BCUT2D eigenvalue weighted by atomic mass is 9.76. The minimum atomic E-state index is 0.0518. The molecule has 1 saturated carbocycles. The van der Waals surface area contributed by atoms with Gasteiger partial charge < -0.3 is 10.2 Å². The largest absolute Gasteiger partial charge is 0.365 e. The summed E-state index contributed by atoms with van der Waals surface area (Å²) in [5, 5.41) is 12.0. The van der Waals surface area contributed by atoms with Gasteiger partial charge in [-0.2, -0.15) is 15.0 Å².